The standard InChI is InChI=1S/C21H21FN4OS.2ClH/c22-18-3-1-15(2-4-18)17-9-23-26(11-17)14-21(27)25-12-19(13-25)24-7-5-20-16(10-24)6-8-28-20;;/h1-4,6,8-9,11,19H,5,7,10,12-14H2;2*1H. The zero-order valence-corrected chi connectivity index (χ0v) is 18.7. The molecule has 1 saturated heterocycles. The van der Waals surface area contributed by atoms with Gasteiger partial charge in [0.1, 0.15) is 12.4 Å². The summed E-state index contributed by atoms with van der Waals surface area (Å²) in [6, 6.07) is 8.98. The molecule has 2 aromatic heterocycles. The van der Waals surface area contributed by atoms with Crippen LogP contribution in [0.15, 0.2) is 48.1 Å². The van der Waals surface area contributed by atoms with Gasteiger partial charge >= 0.3 is 0 Å². The van der Waals surface area contributed by atoms with Crippen LogP contribution in [0.5, 0.6) is 0 Å². The number of likely N-dealkylation sites (tertiary alicyclic amines) is 1. The van der Waals surface area contributed by atoms with E-state index >= 15 is 0 Å². The summed E-state index contributed by atoms with van der Waals surface area (Å²) in [6.07, 6.45) is 4.67. The number of carbonyl (C=O) groups is 1. The fraction of sp³-hybridized carbons (Fsp3) is 0.333. The van der Waals surface area contributed by atoms with Crippen molar-refractivity contribution in [3.63, 3.8) is 0 Å². The van der Waals surface area contributed by atoms with E-state index in [1.807, 2.05) is 22.4 Å². The second kappa shape index (κ2) is 9.47. The van der Waals surface area contributed by atoms with E-state index in [4.69, 9.17) is 0 Å². The van der Waals surface area contributed by atoms with E-state index in [1.54, 1.807) is 23.0 Å². The predicted octanol–water partition coefficient (Wildman–Crippen LogP) is 3.86. The lowest BCUT2D eigenvalue weighted by Gasteiger charge is -2.46. The summed E-state index contributed by atoms with van der Waals surface area (Å²) < 4.78 is 14.7. The maximum Gasteiger partial charge on any atom is 0.244 e. The number of hydrogen-bond acceptors (Lipinski definition) is 4. The highest BCUT2D eigenvalue weighted by molar-refractivity contribution is 7.10. The number of benzene rings is 1. The molecule has 0 atom stereocenters. The summed E-state index contributed by atoms with van der Waals surface area (Å²) in [5.41, 5.74) is 3.22. The molecule has 0 saturated carbocycles. The van der Waals surface area contributed by atoms with Gasteiger partial charge in [-0.2, -0.15) is 5.10 Å². The SMILES string of the molecule is Cl.Cl.O=C(Cn1cc(-c2ccc(F)cc2)cn1)N1CC(N2CCc3sccc3C2)C1. The van der Waals surface area contributed by atoms with Crippen LogP contribution in [-0.2, 0) is 24.3 Å². The van der Waals surface area contributed by atoms with Crippen molar-refractivity contribution in [1.82, 2.24) is 19.6 Å². The van der Waals surface area contributed by atoms with Gasteiger partial charge in [-0.05, 0) is 41.1 Å². The van der Waals surface area contributed by atoms with Crippen LogP contribution < -0.4 is 0 Å². The molecule has 1 fully saturated rings. The number of amides is 1. The fourth-order valence-corrected chi connectivity index (χ4v) is 4.84. The van der Waals surface area contributed by atoms with Gasteiger partial charge in [0.2, 0.25) is 5.91 Å². The maximum atomic E-state index is 13.1. The first-order valence-corrected chi connectivity index (χ1v) is 10.4. The molecule has 1 amide bonds. The second-order valence-electron chi connectivity index (χ2n) is 7.48. The topological polar surface area (TPSA) is 41.4 Å². The third-order valence-electron chi connectivity index (χ3n) is 5.68. The van der Waals surface area contributed by atoms with Crippen molar-refractivity contribution in [1.29, 1.82) is 0 Å². The number of fused-ring (bicyclic) bond motifs is 1. The normalized spacial score (nSPS) is 16.2. The van der Waals surface area contributed by atoms with E-state index in [1.165, 1.54) is 22.6 Å². The summed E-state index contributed by atoms with van der Waals surface area (Å²) in [6.45, 7) is 3.92. The molecule has 30 heavy (non-hydrogen) atoms. The van der Waals surface area contributed by atoms with Crippen LogP contribution in [0.1, 0.15) is 10.4 Å². The summed E-state index contributed by atoms with van der Waals surface area (Å²) in [5.74, 6) is -0.166. The van der Waals surface area contributed by atoms with Crippen LogP contribution in [0.3, 0.4) is 0 Å². The maximum absolute atomic E-state index is 13.1. The number of carbonyl (C=O) groups excluding carboxylic acids is 1. The van der Waals surface area contributed by atoms with Gasteiger partial charge in [-0.15, -0.1) is 36.2 Å². The average Bonchev–Trinajstić information content (AvgIpc) is 3.30. The highest BCUT2D eigenvalue weighted by atomic mass is 35.5. The second-order valence-corrected chi connectivity index (χ2v) is 8.48. The molecule has 0 spiro atoms. The van der Waals surface area contributed by atoms with E-state index in [0.717, 1.165) is 43.7 Å². The number of rotatable bonds is 4. The molecule has 160 valence electrons. The Hall–Kier alpha value is -1.93. The summed E-state index contributed by atoms with van der Waals surface area (Å²) in [4.78, 5) is 18.5. The molecule has 3 aromatic rings. The minimum Gasteiger partial charge on any atom is -0.338 e. The Morgan fingerprint density at radius 2 is 1.90 bits per heavy atom. The molecule has 1 aromatic carbocycles. The van der Waals surface area contributed by atoms with Crippen LogP contribution in [0.2, 0.25) is 0 Å². The number of aromatic nitrogens is 2. The first-order valence-electron chi connectivity index (χ1n) is 9.51. The smallest absolute Gasteiger partial charge is 0.244 e. The molecule has 2 aliphatic rings. The molecule has 2 aliphatic heterocycles. The van der Waals surface area contributed by atoms with Crippen molar-refractivity contribution in [3.05, 3.63) is 64.4 Å². The monoisotopic (exact) mass is 468 g/mol. The van der Waals surface area contributed by atoms with Crippen molar-refractivity contribution >= 4 is 42.1 Å². The lowest BCUT2D eigenvalue weighted by molar-refractivity contribution is -0.139. The third-order valence-corrected chi connectivity index (χ3v) is 6.70. The Morgan fingerprint density at radius 3 is 2.67 bits per heavy atom. The van der Waals surface area contributed by atoms with Crippen LogP contribution >= 0.6 is 36.2 Å². The molecule has 5 nitrogen and oxygen atoms in total. The Bertz CT molecular complexity index is 1000. The van der Waals surface area contributed by atoms with Crippen molar-refractivity contribution in [2.75, 3.05) is 19.6 Å². The molecule has 0 bridgehead atoms. The van der Waals surface area contributed by atoms with Crippen LogP contribution in [0.4, 0.5) is 4.39 Å². The van der Waals surface area contributed by atoms with E-state index < -0.39 is 0 Å². The number of thiophene rings is 1. The molecular weight excluding hydrogens is 446 g/mol. The minimum absolute atomic E-state index is 0. The zero-order chi connectivity index (χ0) is 19.1. The molecule has 0 aliphatic carbocycles. The molecule has 5 rings (SSSR count). The van der Waals surface area contributed by atoms with Crippen molar-refractivity contribution in [3.8, 4) is 11.1 Å². The van der Waals surface area contributed by atoms with Gasteiger partial charge in [0, 0.05) is 48.9 Å². The Kier molecular flexibility index (Phi) is 7.18. The zero-order valence-electron chi connectivity index (χ0n) is 16.2. The predicted molar refractivity (Wildman–Crippen MR) is 121 cm³/mol. The highest BCUT2D eigenvalue weighted by Gasteiger charge is 2.36. The Labute approximate surface area is 191 Å². The largest absolute Gasteiger partial charge is 0.338 e. The fourth-order valence-electron chi connectivity index (χ4n) is 3.95. The quantitative estimate of drug-likeness (QED) is 0.583. The lowest BCUT2D eigenvalue weighted by Crippen LogP contribution is -2.62. The molecule has 4 heterocycles. The van der Waals surface area contributed by atoms with E-state index in [2.05, 4.69) is 21.4 Å². The Balaban J connectivity index is 0.00000128. The number of nitrogens with zero attached hydrogens (tertiary/aromatic N) is 4. The lowest BCUT2D eigenvalue weighted by atomic mass is 10.0. The molecular formula is C21H23Cl2FN4OS. The first kappa shape index (κ1) is 22.7. The van der Waals surface area contributed by atoms with Crippen molar-refractivity contribution in [2.45, 2.75) is 25.6 Å². The van der Waals surface area contributed by atoms with Crippen LogP contribution in [0, 0.1) is 5.82 Å². The van der Waals surface area contributed by atoms with Crippen molar-refractivity contribution < 1.29 is 9.18 Å². The van der Waals surface area contributed by atoms with E-state index in [-0.39, 0.29) is 43.1 Å². The summed E-state index contributed by atoms with van der Waals surface area (Å²) in [7, 11) is 0. The molecule has 9 heteroatoms. The van der Waals surface area contributed by atoms with Gasteiger partial charge in [0.15, 0.2) is 0 Å². The van der Waals surface area contributed by atoms with Gasteiger partial charge in [0.25, 0.3) is 0 Å². The molecule has 0 radical (unpaired) electrons. The van der Waals surface area contributed by atoms with Gasteiger partial charge in [-0.1, -0.05) is 12.1 Å². The Morgan fingerprint density at radius 1 is 1.13 bits per heavy atom. The van der Waals surface area contributed by atoms with Gasteiger partial charge in [0.05, 0.1) is 6.20 Å². The number of hydrogen-bond donors (Lipinski definition) is 0. The molecule has 0 N–H and O–H groups in total. The van der Waals surface area contributed by atoms with Crippen LogP contribution in [-0.4, -0.2) is 51.2 Å². The first-order chi connectivity index (χ1) is 13.7. The van der Waals surface area contributed by atoms with E-state index in [9.17, 15) is 9.18 Å². The molecule has 0 unspecified atom stereocenters. The van der Waals surface area contributed by atoms with Crippen molar-refractivity contribution in [2.24, 2.45) is 0 Å². The van der Waals surface area contributed by atoms with Gasteiger partial charge in [-0.3, -0.25) is 14.4 Å². The third kappa shape index (κ3) is 4.54. The van der Waals surface area contributed by atoms with E-state index in [0.29, 0.717) is 6.04 Å². The summed E-state index contributed by atoms with van der Waals surface area (Å²) in [5, 5.41) is 6.47. The highest BCUT2D eigenvalue weighted by Crippen LogP contribution is 2.28. The average molecular weight is 469 g/mol. The number of halogens is 3. The van der Waals surface area contributed by atoms with Crippen LogP contribution in [0.25, 0.3) is 11.1 Å². The summed E-state index contributed by atoms with van der Waals surface area (Å²) >= 11 is 1.85. The van der Waals surface area contributed by atoms with Gasteiger partial charge in [-0.25, -0.2) is 4.39 Å². The van der Waals surface area contributed by atoms with Gasteiger partial charge < -0.3 is 4.90 Å². The minimum atomic E-state index is -0.261.